The lowest BCUT2D eigenvalue weighted by Crippen LogP contribution is -2.23. The van der Waals surface area contributed by atoms with Crippen LogP contribution in [0.1, 0.15) is 23.4 Å². The van der Waals surface area contributed by atoms with E-state index in [-0.39, 0.29) is 18.9 Å². The zero-order chi connectivity index (χ0) is 19.3. The number of benzene rings is 2. The summed E-state index contributed by atoms with van der Waals surface area (Å²) >= 11 is 0. The van der Waals surface area contributed by atoms with Crippen LogP contribution in [0, 0.1) is 0 Å². The van der Waals surface area contributed by atoms with Crippen LogP contribution in [0.3, 0.4) is 0 Å². The van der Waals surface area contributed by atoms with Gasteiger partial charge in [-0.05, 0) is 17.7 Å². The fourth-order valence-electron chi connectivity index (χ4n) is 2.48. The lowest BCUT2D eigenvalue weighted by molar-refractivity contribution is -0.137. The number of hydrogen-bond donors (Lipinski definition) is 1. The molecule has 3 aromatic rings. The third kappa shape index (κ3) is 5.20. The molecule has 140 valence electrons. The van der Waals surface area contributed by atoms with Crippen molar-refractivity contribution in [2.75, 3.05) is 0 Å². The summed E-state index contributed by atoms with van der Waals surface area (Å²) in [5.74, 6) is 0.864. The maximum Gasteiger partial charge on any atom is 0.416 e. The van der Waals surface area contributed by atoms with Crippen LogP contribution in [-0.4, -0.2) is 10.9 Å². The lowest BCUT2D eigenvalue weighted by Gasteiger charge is -2.08. The number of amides is 1. The number of nitrogens with one attached hydrogen (secondary N) is 1. The first-order chi connectivity index (χ1) is 12.9. The number of halogens is 3. The Hall–Kier alpha value is -3.09. The van der Waals surface area contributed by atoms with Crippen molar-refractivity contribution in [2.45, 2.75) is 25.6 Å². The average Bonchev–Trinajstić information content (AvgIpc) is 3.14. The Labute approximate surface area is 154 Å². The van der Waals surface area contributed by atoms with Gasteiger partial charge in [-0.25, -0.2) is 4.98 Å². The van der Waals surface area contributed by atoms with Crippen LogP contribution in [0.2, 0.25) is 0 Å². The molecule has 1 aromatic heterocycles. The Morgan fingerprint density at radius 3 is 2.41 bits per heavy atom. The molecule has 1 amide bonds. The minimum Gasteiger partial charge on any atom is -0.441 e. The molecule has 0 radical (unpaired) electrons. The van der Waals surface area contributed by atoms with Gasteiger partial charge in [-0.3, -0.25) is 4.79 Å². The van der Waals surface area contributed by atoms with Crippen LogP contribution >= 0.6 is 0 Å². The van der Waals surface area contributed by atoms with E-state index in [9.17, 15) is 18.0 Å². The van der Waals surface area contributed by atoms with Crippen LogP contribution in [-0.2, 0) is 23.9 Å². The van der Waals surface area contributed by atoms with E-state index in [4.69, 9.17) is 4.42 Å². The maximum atomic E-state index is 12.5. The third-order valence-electron chi connectivity index (χ3n) is 3.95. The van der Waals surface area contributed by atoms with E-state index in [0.29, 0.717) is 23.6 Å². The monoisotopic (exact) mass is 374 g/mol. The molecule has 0 saturated carbocycles. The normalized spacial score (nSPS) is 11.4. The number of nitrogens with zero attached hydrogens (tertiary/aromatic N) is 1. The molecule has 0 aliphatic heterocycles. The molecular weight excluding hydrogens is 357 g/mol. The first-order valence-electron chi connectivity index (χ1n) is 8.35. The summed E-state index contributed by atoms with van der Waals surface area (Å²) in [6.45, 7) is 0.165. The van der Waals surface area contributed by atoms with E-state index < -0.39 is 11.7 Å². The molecule has 0 aliphatic carbocycles. The Morgan fingerprint density at radius 2 is 1.74 bits per heavy atom. The molecule has 7 heteroatoms. The topological polar surface area (TPSA) is 55.1 Å². The summed E-state index contributed by atoms with van der Waals surface area (Å²) in [6, 6.07) is 14.2. The first kappa shape index (κ1) is 18.7. The highest BCUT2D eigenvalue weighted by Crippen LogP contribution is 2.29. The highest BCUT2D eigenvalue weighted by molar-refractivity contribution is 5.76. The smallest absolute Gasteiger partial charge is 0.416 e. The Bertz CT molecular complexity index is 888. The predicted molar refractivity (Wildman–Crippen MR) is 93.6 cm³/mol. The van der Waals surface area contributed by atoms with Crippen molar-refractivity contribution in [3.05, 3.63) is 77.8 Å². The van der Waals surface area contributed by atoms with Crippen LogP contribution in [0.15, 0.2) is 65.2 Å². The third-order valence-corrected chi connectivity index (χ3v) is 3.95. The van der Waals surface area contributed by atoms with E-state index in [1.165, 1.54) is 12.1 Å². The van der Waals surface area contributed by atoms with Crippen LogP contribution < -0.4 is 5.32 Å². The largest absolute Gasteiger partial charge is 0.441 e. The zero-order valence-corrected chi connectivity index (χ0v) is 14.3. The molecule has 3 rings (SSSR count). The fourth-order valence-corrected chi connectivity index (χ4v) is 2.48. The van der Waals surface area contributed by atoms with Crippen molar-refractivity contribution in [3.8, 4) is 11.3 Å². The summed E-state index contributed by atoms with van der Waals surface area (Å²) in [4.78, 5) is 16.1. The molecule has 0 atom stereocenters. The zero-order valence-electron chi connectivity index (χ0n) is 14.3. The fraction of sp³-hybridized carbons (Fsp3) is 0.200. The highest BCUT2D eigenvalue weighted by atomic mass is 19.4. The van der Waals surface area contributed by atoms with Crippen molar-refractivity contribution < 1.29 is 22.4 Å². The minimum absolute atomic E-state index is 0.165. The Morgan fingerprint density at radius 1 is 1.04 bits per heavy atom. The van der Waals surface area contributed by atoms with Crippen molar-refractivity contribution in [3.63, 3.8) is 0 Å². The molecule has 0 saturated heterocycles. The van der Waals surface area contributed by atoms with E-state index in [2.05, 4.69) is 10.3 Å². The maximum absolute atomic E-state index is 12.5. The van der Waals surface area contributed by atoms with Gasteiger partial charge in [-0.2, -0.15) is 13.2 Å². The summed E-state index contributed by atoms with van der Waals surface area (Å²) in [5, 5.41) is 2.68. The molecule has 27 heavy (non-hydrogen) atoms. The molecule has 0 fully saturated rings. The SMILES string of the molecule is O=C(CCc1ncc(-c2ccccc2)o1)NCc1ccc(C(F)(F)F)cc1. The highest BCUT2D eigenvalue weighted by Gasteiger charge is 2.29. The van der Waals surface area contributed by atoms with E-state index in [1.807, 2.05) is 30.3 Å². The summed E-state index contributed by atoms with van der Waals surface area (Å²) in [5.41, 5.74) is 0.789. The second kappa shape index (κ2) is 8.07. The van der Waals surface area contributed by atoms with E-state index in [1.54, 1.807) is 6.20 Å². The average molecular weight is 374 g/mol. The van der Waals surface area contributed by atoms with Gasteiger partial charge in [0.05, 0.1) is 11.8 Å². The van der Waals surface area contributed by atoms with Crippen molar-refractivity contribution in [2.24, 2.45) is 0 Å². The molecule has 4 nitrogen and oxygen atoms in total. The number of oxazole rings is 1. The number of aryl methyl sites for hydroxylation is 1. The van der Waals surface area contributed by atoms with Crippen LogP contribution in [0.25, 0.3) is 11.3 Å². The number of carbonyl (C=O) groups is 1. The second-order valence-electron chi connectivity index (χ2n) is 5.96. The van der Waals surface area contributed by atoms with E-state index in [0.717, 1.165) is 17.7 Å². The van der Waals surface area contributed by atoms with Crippen LogP contribution in [0.5, 0.6) is 0 Å². The Balaban J connectivity index is 1.47. The molecule has 1 heterocycles. The summed E-state index contributed by atoms with van der Waals surface area (Å²) in [7, 11) is 0. The standard InChI is InChI=1S/C20H17F3N2O2/c21-20(22,23)16-8-6-14(7-9-16)12-24-18(26)10-11-19-25-13-17(27-19)15-4-2-1-3-5-15/h1-9,13H,10-12H2,(H,24,26). The van der Waals surface area contributed by atoms with Gasteiger partial charge in [0.15, 0.2) is 11.7 Å². The lowest BCUT2D eigenvalue weighted by atomic mass is 10.1. The van der Waals surface area contributed by atoms with Gasteiger partial charge >= 0.3 is 6.18 Å². The number of alkyl halides is 3. The van der Waals surface area contributed by atoms with Gasteiger partial charge in [0.1, 0.15) is 0 Å². The van der Waals surface area contributed by atoms with Gasteiger partial charge in [0.25, 0.3) is 0 Å². The van der Waals surface area contributed by atoms with Gasteiger partial charge in [0, 0.05) is 24.9 Å². The van der Waals surface area contributed by atoms with Crippen molar-refractivity contribution in [1.82, 2.24) is 10.3 Å². The molecule has 0 unspecified atom stereocenters. The first-order valence-corrected chi connectivity index (χ1v) is 8.35. The number of carbonyl (C=O) groups excluding carboxylic acids is 1. The minimum atomic E-state index is -4.36. The molecule has 0 bridgehead atoms. The van der Waals surface area contributed by atoms with Crippen LogP contribution in [0.4, 0.5) is 13.2 Å². The quantitative estimate of drug-likeness (QED) is 0.686. The number of aromatic nitrogens is 1. The molecule has 0 aliphatic rings. The van der Waals surface area contributed by atoms with Crippen molar-refractivity contribution in [1.29, 1.82) is 0 Å². The second-order valence-corrected chi connectivity index (χ2v) is 5.96. The van der Waals surface area contributed by atoms with Gasteiger partial charge in [-0.1, -0.05) is 42.5 Å². The Kier molecular flexibility index (Phi) is 5.59. The number of rotatable bonds is 6. The van der Waals surface area contributed by atoms with Gasteiger partial charge in [0.2, 0.25) is 5.91 Å². The van der Waals surface area contributed by atoms with Crippen molar-refractivity contribution >= 4 is 5.91 Å². The molecular formula is C20H17F3N2O2. The summed E-state index contributed by atoms with van der Waals surface area (Å²) in [6.07, 6.45) is -2.23. The molecule has 2 aromatic carbocycles. The van der Waals surface area contributed by atoms with E-state index >= 15 is 0 Å². The van der Waals surface area contributed by atoms with Gasteiger partial charge in [-0.15, -0.1) is 0 Å². The molecule has 0 spiro atoms. The number of hydrogen-bond acceptors (Lipinski definition) is 3. The predicted octanol–water partition coefficient (Wildman–Crippen LogP) is 4.61. The van der Waals surface area contributed by atoms with Gasteiger partial charge < -0.3 is 9.73 Å². The summed E-state index contributed by atoms with van der Waals surface area (Å²) < 4.78 is 43.2. The molecule has 1 N–H and O–H groups in total.